The van der Waals surface area contributed by atoms with E-state index in [0.29, 0.717) is 10.9 Å². The van der Waals surface area contributed by atoms with E-state index in [4.69, 9.17) is 5.11 Å². The highest BCUT2D eigenvalue weighted by Gasteiger charge is 2.10. The highest BCUT2D eigenvalue weighted by atomic mass is 35.5. The standard InChI is InChI=1S/C10H7NO3.ClH.H2O/c12-9-6-3-1-2-4-8(6)11-5-7(9)10(13)14;;/h1-5H,(H,11,12)(H,13,14);1H;1H2. The van der Waals surface area contributed by atoms with Crippen molar-refractivity contribution in [1.29, 1.82) is 0 Å². The zero-order chi connectivity index (χ0) is 10.1. The third-order valence-electron chi connectivity index (χ3n) is 2.02. The Bertz CT molecular complexity index is 564. The second kappa shape index (κ2) is 5.29. The van der Waals surface area contributed by atoms with Crippen LogP contribution in [-0.2, 0) is 0 Å². The number of hydrogen-bond acceptors (Lipinski definition) is 2. The Labute approximate surface area is 96.4 Å². The number of carboxylic acids is 1. The van der Waals surface area contributed by atoms with Crippen LogP contribution in [-0.4, -0.2) is 21.5 Å². The van der Waals surface area contributed by atoms with Crippen molar-refractivity contribution in [2.75, 3.05) is 0 Å². The minimum atomic E-state index is -1.21. The smallest absolute Gasteiger partial charge is 0.341 e. The predicted octanol–water partition coefficient (Wildman–Crippen LogP) is 0.823. The number of pyridine rings is 1. The van der Waals surface area contributed by atoms with Crippen LogP contribution in [0, 0.1) is 0 Å². The van der Waals surface area contributed by atoms with Crippen molar-refractivity contribution < 1.29 is 15.4 Å². The number of hydrogen-bond donors (Lipinski definition) is 2. The second-order valence-electron chi connectivity index (χ2n) is 2.88. The molecule has 0 bridgehead atoms. The molecule has 2 rings (SSSR count). The van der Waals surface area contributed by atoms with Gasteiger partial charge in [0.15, 0.2) is 0 Å². The van der Waals surface area contributed by atoms with Gasteiger partial charge in [-0.1, -0.05) is 12.1 Å². The molecule has 0 fully saturated rings. The van der Waals surface area contributed by atoms with Gasteiger partial charge in [0.1, 0.15) is 5.56 Å². The van der Waals surface area contributed by atoms with Crippen LogP contribution in [0.15, 0.2) is 35.3 Å². The maximum atomic E-state index is 11.6. The van der Waals surface area contributed by atoms with Crippen LogP contribution in [0.25, 0.3) is 10.9 Å². The Hall–Kier alpha value is -1.85. The number of para-hydroxylation sites is 1. The van der Waals surface area contributed by atoms with Gasteiger partial charge in [0.05, 0.1) is 0 Å². The molecule has 16 heavy (non-hydrogen) atoms. The zero-order valence-electron chi connectivity index (χ0n) is 8.06. The van der Waals surface area contributed by atoms with Crippen molar-refractivity contribution in [2.45, 2.75) is 0 Å². The molecule has 1 heterocycles. The van der Waals surface area contributed by atoms with Gasteiger partial charge in [0.2, 0.25) is 5.43 Å². The Kier molecular flexibility index (Phi) is 4.68. The van der Waals surface area contributed by atoms with E-state index < -0.39 is 11.4 Å². The first-order chi connectivity index (χ1) is 6.70. The molecular formula is C10H10ClNO4. The SMILES string of the molecule is Cl.O.O=C(O)c1c[nH]c2ccccc2c1=O. The maximum Gasteiger partial charge on any atom is 0.341 e. The van der Waals surface area contributed by atoms with Crippen LogP contribution < -0.4 is 5.43 Å². The second-order valence-corrected chi connectivity index (χ2v) is 2.88. The number of aromatic nitrogens is 1. The minimum absolute atomic E-state index is 0. The fourth-order valence-electron chi connectivity index (χ4n) is 1.33. The van der Waals surface area contributed by atoms with Gasteiger partial charge in [-0.15, -0.1) is 12.4 Å². The lowest BCUT2D eigenvalue weighted by Crippen LogP contribution is -2.14. The molecule has 1 aromatic carbocycles. The van der Waals surface area contributed by atoms with E-state index in [-0.39, 0.29) is 23.4 Å². The third kappa shape index (κ3) is 2.21. The molecule has 0 saturated carbocycles. The summed E-state index contributed by atoms with van der Waals surface area (Å²) in [5.41, 5.74) is -0.0435. The number of nitrogens with one attached hydrogen (secondary N) is 1. The number of fused-ring (bicyclic) bond motifs is 1. The molecule has 0 aliphatic carbocycles. The van der Waals surface area contributed by atoms with Gasteiger partial charge in [-0.05, 0) is 12.1 Å². The van der Waals surface area contributed by atoms with Gasteiger partial charge in [0.25, 0.3) is 0 Å². The molecule has 0 aliphatic heterocycles. The van der Waals surface area contributed by atoms with Gasteiger partial charge in [-0.25, -0.2) is 4.79 Å². The molecule has 2 aromatic rings. The van der Waals surface area contributed by atoms with E-state index in [2.05, 4.69) is 4.98 Å². The summed E-state index contributed by atoms with van der Waals surface area (Å²) in [6, 6.07) is 6.80. The molecule has 1 aromatic heterocycles. The lowest BCUT2D eigenvalue weighted by molar-refractivity contribution is 0.0695. The Balaban J connectivity index is 0.00000112. The third-order valence-corrected chi connectivity index (χ3v) is 2.02. The fourth-order valence-corrected chi connectivity index (χ4v) is 1.33. The largest absolute Gasteiger partial charge is 0.477 e. The summed E-state index contributed by atoms with van der Waals surface area (Å²) in [5, 5.41) is 9.10. The van der Waals surface area contributed by atoms with Crippen LogP contribution in [0.4, 0.5) is 0 Å². The number of rotatable bonds is 1. The molecule has 0 spiro atoms. The summed E-state index contributed by atoms with van der Waals surface area (Å²) in [7, 11) is 0. The summed E-state index contributed by atoms with van der Waals surface area (Å²) in [5.74, 6) is -1.21. The van der Waals surface area contributed by atoms with Crippen molar-refractivity contribution >= 4 is 29.3 Å². The monoisotopic (exact) mass is 243 g/mol. The molecule has 6 heteroatoms. The van der Waals surface area contributed by atoms with Crippen molar-refractivity contribution in [3.63, 3.8) is 0 Å². The van der Waals surface area contributed by atoms with Crippen molar-refractivity contribution in [3.05, 3.63) is 46.2 Å². The highest BCUT2D eigenvalue weighted by molar-refractivity contribution is 5.92. The molecule has 0 atom stereocenters. The van der Waals surface area contributed by atoms with Crippen LogP contribution in [0.1, 0.15) is 10.4 Å². The summed E-state index contributed by atoms with van der Waals surface area (Å²) in [6.45, 7) is 0. The van der Waals surface area contributed by atoms with Crippen LogP contribution in [0.5, 0.6) is 0 Å². The van der Waals surface area contributed by atoms with E-state index in [0.717, 1.165) is 0 Å². The molecule has 4 N–H and O–H groups in total. The zero-order valence-corrected chi connectivity index (χ0v) is 8.88. The summed E-state index contributed by atoms with van der Waals surface area (Å²) >= 11 is 0. The molecule has 86 valence electrons. The maximum absolute atomic E-state index is 11.6. The van der Waals surface area contributed by atoms with E-state index in [1.54, 1.807) is 24.3 Å². The topological polar surface area (TPSA) is 102 Å². The van der Waals surface area contributed by atoms with Gasteiger partial charge < -0.3 is 15.6 Å². The van der Waals surface area contributed by atoms with E-state index in [1.807, 2.05) is 0 Å². The summed E-state index contributed by atoms with van der Waals surface area (Å²) < 4.78 is 0. The number of halogens is 1. The van der Waals surface area contributed by atoms with Crippen molar-refractivity contribution in [2.24, 2.45) is 0 Å². The lowest BCUT2D eigenvalue weighted by atomic mass is 10.1. The van der Waals surface area contributed by atoms with Gasteiger partial charge >= 0.3 is 5.97 Å². The van der Waals surface area contributed by atoms with E-state index in [1.165, 1.54) is 6.20 Å². The van der Waals surface area contributed by atoms with Gasteiger partial charge in [0, 0.05) is 17.1 Å². The fraction of sp³-hybridized carbons (Fsp3) is 0. The first kappa shape index (κ1) is 14.2. The van der Waals surface area contributed by atoms with Crippen LogP contribution in [0.3, 0.4) is 0 Å². The van der Waals surface area contributed by atoms with E-state index >= 15 is 0 Å². The number of carboxylic acid groups (broad SMARTS) is 1. The Morgan fingerprint density at radius 3 is 2.50 bits per heavy atom. The van der Waals surface area contributed by atoms with Gasteiger partial charge in [-0.2, -0.15) is 0 Å². The molecule has 0 saturated heterocycles. The lowest BCUT2D eigenvalue weighted by Gasteiger charge is -1.98. The summed E-state index contributed by atoms with van der Waals surface area (Å²) in [4.78, 5) is 25.0. The number of H-pyrrole nitrogens is 1. The minimum Gasteiger partial charge on any atom is -0.477 e. The predicted molar refractivity (Wildman–Crippen MR) is 62.4 cm³/mol. The Morgan fingerprint density at radius 1 is 1.25 bits per heavy atom. The van der Waals surface area contributed by atoms with Crippen molar-refractivity contribution in [1.82, 2.24) is 4.98 Å². The molecule has 0 unspecified atom stereocenters. The number of aromatic amines is 1. The van der Waals surface area contributed by atoms with Crippen LogP contribution >= 0.6 is 12.4 Å². The average Bonchev–Trinajstić information content (AvgIpc) is 2.18. The average molecular weight is 244 g/mol. The summed E-state index contributed by atoms with van der Waals surface area (Å²) in [6.07, 6.45) is 1.22. The van der Waals surface area contributed by atoms with E-state index in [9.17, 15) is 9.59 Å². The highest BCUT2D eigenvalue weighted by Crippen LogP contribution is 2.06. The number of benzene rings is 1. The molecule has 0 radical (unpaired) electrons. The quantitative estimate of drug-likeness (QED) is 0.775. The molecule has 5 nitrogen and oxygen atoms in total. The molecular weight excluding hydrogens is 234 g/mol. The number of carbonyl (C=O) groups is 1. The number of aromatic carboxylic acids is 1. The van der Waals surface area contributed by atoms with Crippen molar-refractivity contribution in [3.8, 4) is 0 Å². The first-order valence-corrected chi connectivity index (χ1v) is 4.04. The van der Waals surface area contributed by atoms with Gasteiger partial charge in [-0.3, -0.25) is 4.79 Å². The first-order valence-electron chi connectivity index (χ1n) is 4.04. The molecule has 0 aliphatic rings. The Morgan fingerprint density at radius 2 is 1.88 bits per heavy atom. The van der Waals surface area contributed by atoms with Crippen LogP contribution in [0.2, 0.25) is 0 Å². The molecule has 0 amide bonds. The normalized spacial score (nSPS) is 9.00.